The molecule has 0 fully saturated rings. The Balaban J connectivity index is 2.35. The van der Waals surface area contributed by atoms with Gasteiger partial charge in [-0.3, -0.25) is 10.1 Å². The number of aromatic nitrogens is 1. The Labute approximate surface area is 138 Å². The first-order valence-corrected chi connectivity index (χ1v) is 7.51. The van der Waals surface area contributed by atoms with E-state index in [0.717, 1.165) is 17.5 Å². The van der Waals surface area contributed by atoms with E-state index in [9.17, 15) is 10.1 Å². The summed E-state index contributed by atoms with van der Waals surface area (Å²) in [7, 11) is 0. The number of nitrogens with one attached hydrogen (secondary N) is 1. The van der Waals surface area contributed by atoms with Gasteiger partial charge in [0.25, 0.3) is 0 Å². The lowest BCUT2D eigenvalue weighted by molar-refractivity contribution is -0.384. The van der Waals surface area contributed by atoms with Crippen molar-refractivity contribution < 1.29 is 4.92 Å². The Morgan fingerprint density at radius 3 is 2.73 bits per heavy atom. The molecule has 2 rings (SSSR count). The van der Waals surface area contributed by atoms with E-state index in [2.05, 4.69) is 17.2 Å². The average molecular weight is 340 g/mol. The number of aryl methyl sites for hydroxylation is 2. The quantitative estimate of drug-likeness (QED) is 0.483. The number of hydrogen-bond donors (Lipinski definition) is 1. The molecule has 0 aliphatic heterocycles. The van der Waals surface area contributed by atoms with Crippen LogP contribution in [-0.4, -0.2) is 9.91 Å². The Kier molecular flexibility index (Phi) is 5.21. The van der Waals surface area contributed by atoms with Crippen molar-refractivity contribution in [2.24, 2.45) is 0 Å². The molecule has 0 aliphatic rings. The lowest BCUT2D eigenvalue weighted by Crippen LogP contribution is -2.07. The van der Waals surface area contributed by atoms with Crippen LogP contribution in [0, 0.1) is 17.0 Å². The van der Waals surface area contributed by atoms with Crippen LogP contribution in [0.3, 0.4) is 0 Å². The molecule has 7 heteroatoms. The highest BCUT2D eigenvalue weighted by Gasteiger charge is 2.21. The zero-order valence-electron chi connectivity index (χ0n) is 12.2. The molecule has 0 saturated carbocycles. The fourth-order valence-corrected chi connectivity index (χ4v) is 2.82. The van der Waals surface area contributed by atoms with Crippen molar-refractivity contribution >= 4 is 34.6 Å². The van der Waals surface area contributed by atoms with Gasteiger partial charge in [0.05, 0.1) is 4.92 Å². The summed E-state index contributed by atoms with van der Waals surface area (Å²) in [6.07, 6.45) is 0.888. The maximum absolute atomic E-state index is 11.2. The molecule has 0 unspecified atom stereocenters. The molecule has 22 heavy (non-hydrogen) atoms. The van der Waals surface area contributed by atoms with E-state index < -0.39 is 4.92 Å². The second-order valence-electron chi connectivity index (χ2n) is 4.81. The van der Waals surface area contributed by atoms with Crippen LogP contribution in [0.2, 0.25) is 10.3 Å². The largest absolute Gasteiger partial charge is 0.375 e. The standard InChI is InChI=1S/C15H15Cl2N3O2/c1-3-10-6-4-5-9(2)11(10)8-18-12-7-13(16)19-15(17)14(12)20(21)22/h4-7H,3,8H2,1-2H3,(H,18,19). The number of nitrogens with zero attached hydrogens (tertiary/aromatic N) is 2. The summed E-state index contributed by atoms with van der Waals surface area (Å²) < 4.78 is 0. The molecule has 0 atom stereocenters. The van der Waals surface area contributed by atoms with Gasteiger partial charge in [0.15, 0.2) is 0 Å². The van der Waals surface area contributed by atoms with Gasteiger partial charge in [0.1, 0.15) is 10.8 Å². The first kappa shape index (κ1) is 16.5. The third-order valence-corrected chi connectivity index (χ3v) is 3.90. The number of hydrogen-bond acceptors (Lipinski definition) is 4. The predicted octanol–water partition coefficient (Wildman–Crippen LogP) is 4.78. The van der Waals surface area contributed by atoms with E-state index >= 15 is 0 Å². The Morgan fingerprint density at radius 1 is 1.36 bits per heavy atom. The Morgan fingerprint density at radius 2 is 2.09 bits per heavy atom. The number of benzene rings is 1. The summed E-state index contributed by atoms with van der Waals surface area (Å²) in [6.45, 7) is 4.53. The highest BCUT2D eigenvalue weighted by Crippen LogP contribution is 2.33. The summed E-state index contributed by atoms with van der Waals surface area (Å²) in [5.41, 5.74) is 3.43. The first-order valence-electron chi connectivity index (χ1n) is 6.75. The average Bonchev–Trinajstić information content (AvgIpc) is 2.44. The van der Waals surface area contributed by atoms with Crippen LogP contribution in [0.5, 0.6) is 0 Å². The van der Waals surface area contributed by atoms with Gasteiger partial charge in [-0.05, 0) is 30.0 Å². The molecule has 0 bridgehead atoms. The Hall–Kier alpha value is -1.85. The monoisotopic (exact) mass is 339 g/mol. The van der Waals surface area contributed by atoms with Gasteiger partial charge in [0.2, 0.25) is 5.15 Å². The fourth-order valence-electron chi connectivity index (χ4n) is 2.32. The van der Waals surface area contributed by atoms with Crippen LogP contribution in [0.15, 0.2) is 24.3 Å². The van der Waals surface area contributed by atoms with Crippen molar-refractivity contribution in [2.45, 2.75) is 26.8 Å². The van der Waals surface area contributed by atoms with Gasteiger partial charge in [-0.2, -0.15) is 0 Å². The molecule has 1 heterocycles. The second-order valence-corrected chi connectivity index (χ2v) is 5.55. The van der Waals surface area contributed by atoms with Crippen LogP contribution in [0.1, 0.15) is 23.6 Å². The molecular formula is C15H15Cl2N3O2. The van der Waals surface area contributed by atoms with E-state index in [-0.39, 0.29) is 21.7 Å². The van der Waals surface area contributed by atoms with Crippen molar-refractivity contribution in [3.63, 3.8) is 0 Å². The number of halogens is 2. The molecule has 0 spiro atoms. The van der Waals surface area contributed by atoms with Gasteiger partial charge in [-0.1, -0.05) is 48.3 Å². The number of nitro groups is 1. The van der Waals surface area contributed by atoms with E-state index in [0.29, 0.717) is 6.54 Å². The van der Waals surface area contributed by atoms with Crippen LogP contribution in [0.4, 0.5) is 11.4 Å². The number of rotatable bonds is 5. The van der Waals surface area contributed by atoms with Crippen LogP contribution in [0.25, 0.3) is 0 Å². The molecule has 1 aromatic carbocycles. The normalized spacial score (nSPS) is 10.5. The van der Waals surface area contributed by atoms with Crippen molar-refractivity contribution in [3.05, 3.63) is 61.4 Å². The fraction of sp³-hybridized carbons (Fsp3) is 0.267. The number of pyridine rings is 1. The summed E-state index contributed by atoms with van der Waals surface area (Å²) >= 11 is 11.7. The van der Waals surface area contributed by atoms with Crippen LogP contribution >= 0.6 is 23.2 Å². The van der Waals surface area contributed by atoms with E-state index in [1.165, 1.54) is 11.6 Å². The minimum absolute atomic E-state index is 0.110. The van der Waals surface area contributed by atoms with Gasteiger partial charge in [0, 0.05) is 12.6 Å². The summed E-state index contributed by atoms with van der Waals surface area (Å²) in [5.74, 6) is 0. The molecule has 1 aromatic heterocycles. The molecule has 0 amide bonds. The van der Waals surface area contributed by atoms with E-state index in [4.69, 9.17) is 23.2 Å². The summed E-state index contributed by atoms with van der Waals surface area (Å²) in [6, 6.07) is 7.47. The molecule has 0 saturated heterocycles. The topological polar surface area (TPSA) is 68.1 Å². The molecule has 116 valence electrons. The highest BCUT2D eigenvalue weighted by atomic mass is 35.5. The van der Waals surface area contributed by atoms with Gasteiger partial charge >= 0.3 is 5.69 Å². The van der Waals surface area contributed by atoms with Crippen molar-refractivity contribution in [1.82, 2.24) is 4.98 Å². The molecule has 2 aromatic rings. The van der Waals surface area contributed by atoms with Gasteiger partial charge in [-0.25, -0.2) is 4.98 Å². The van der Waals surface area contributed by atoms with Crippen LogP contribution in [-0.2, 0) is 13.0 Å². The highest BCUT2D eigenvalue weighted by molar-refractivity contribution is 6.34. The maximum Gasteiger partial charge on any atom is 0.329 e. The van der Waals surface area contributed by atoms with Crippen LogP contribution < -0.4 is 5.32 Å². The Bertz CT molecular complexity index is 720. The van der Waals surface area contributed by atoms with E-state index in [1.54, 1.807) is 0 Å². The van der Waals surface area contributed by atoms with Crippen molar-refractivity contribution in [2.75, 3.05) is 5.32 Å². The maximum atomic E-state index is 11.2. The zero-order valence-corrected chi connectivity index (χ0v) is 13.7. The van der Waals surface area contributed by atoms with Crippen molar-refractivity contribution in [3.8, 4) is 0 Å². The third kappa shape index (κ3) is 3.48. The summed E-state index contributed by atoms with van der Waals surface area (Å²) in [4.78, 5) is 14.3. The third-order valence-electron chi connectivity index (χ3n) is 3.45. The molecule has 0 aliphatic carbocycles. The SMILES string of the molecule is CCc1cccc(C)c1CNc1cc(Cl)nc(Cl)c1[N+](=O)[O-]. The number of anilines is 1. The smallest absolute Gasteiger partial charge is 0.329 e. The van der Waals surface area contributed by atoms with Crippen molar-refractivity contribution in [1.29, 1.82) is 0 Å². The van der Waals surface area contributed by atoms with Gasteiger partial charge in [-0.15, -0.1) is 0 Å². The predicted molar refractivity (Wildman–Crippen MR) is 88.8 cm³/mol. The first-order chi connectivity index (χ1) is 10.4. The minimum Gasteiger partial charge on any atom is -0.375 e. The second kappa shape index (κ2) is 6.94. The lowest BCUT2D eigenvalue weighted by Gasteiger charge is -2.13. The minimum atomic E-state index is -0.563. The molecule has 1 N–H and O–H groups in total. The summed E-state index contributed by atoms with van der Waals surface area (Å²) in [5, 5.41) is 14.1. The molecule has 5 nitrogen and oxygen atoms in total. The van der Waals surface area contributed by atoms with E-state index in [1.807, 2.05) is 25.1 Å². The zero-order chi connectivity index (χ0) is 16.3. The lowest BCUT2D eigenvalue weighted by atomic mass is 10.00. The van der Waals surface area contributed by atoms with Gasteiger partial charge < -0.3 is 5.32 Å². The molecular weight excluding hydrogens is 325 g/mol. The molecule has 0 radical (unpaired) electrons.